The van der Waals surface area contributed by atoms with Gasteiger partial charge in [-0.15, -0.1) is 5.10 Å². The zero-order chi connectivity index (χ0) is 17.3. The lowest BCUT2D eigenvalue weighted by Crippen LogP contribution is -2.07. The minimum absolute atomic E-state index is 0.497. The first-order valence-electron chi connectivity index (χ1n) is 8.41. The standard InChI is InChI=1S/C19H22N4OS/c1-16(14-24-15-17-8-4-2-5-9-17)12-13-25-19-20-21-22-23(19)18-10-6-3-7-11-18/h2-11,16H,12-15H2,1H3/t16-/m0/s1. The number of benzene rings is 2. The van der Waals surface area contributed by atoms with Gasteiger partial charge in [0.05, 0.1) is 12.3 Å². The largest absolute Gasteiger partial charge is 0.376 e. The lowest BCUT2D eigenvalue weighted by Gasteiger charge is -2.11. The van der Waals surface area contributed by atoms with Crippen molar-refractivity contribution in [2.45, 2.75) is 25.1 Å². The summed E-state index contributed by atoms with van der Waals surface area (Å²) in [4.78, 5) is 0. The molecule has 5 nitrogen and oxygen atoms in total. The number of hydrogen-bond donors (Lipinski definition) is 0. The third-order valence-corrected chi connectivity index (χ3v) is 4.75. The topological polar surface area (TPSA) is 52.8 Å². The number of rotatable bonds is 9. The van der Waals surface area contributed by atoms with E-state index in [-0.39, 0.29) is 0 Å². The van der Waals surface area contributed by atoms with Crippen LogP contribution in [0.15, 0.2) is 65.8 Å². The fourth-order valence-electron chi connectivity index (χ4n) is 2.39. The van der Waals surface area contributed by atoms with Gasteiger partial charge in [0.15, 0.2) is 0 Å². The number of tetrazole rings is 1. The molecular formula is C19H22N4OS. The molecule has 1 aromatic heterocycles. The van der Waals surface area contributed by atoms with Gasteiger partial charge in [0, 0.05) is 12.4 Å². The normalized spacial score (nSPS) is 12.2. The molecule has 130 valence electrons. The molecule has 0 saturated heterocycles. The molecule has 0 amide bonds. The molecule has 3 rings (SSSR count). The van der Waals surface area contributed by atoms with Crippen LogP contribution in [0.1, 0.15) is 18.9 Å². The fraction of sp³-hybridized carbons (Fsp3) is 0.316. The highest BCUT2D eigenvalue weighted by molar-refractivity contribution is 7.99. The number of para-hydroxylation sites is 1. The van der Waals surface area contributed by atoms with E-state index >= 15 is 0 Å². The Morgan fingerprint density at radius 3 is 2.52 bits per heavy atom. The van der Waals surface area contributed by atoms with Crippen LogP contribution in [0.3, 0.4) is 0 Å². The molecule has 0 N–H and O–H groups in total. The SMILES string of the molecule is C[C@@H](CCSc1nnnn1-c1ccccc1)COCc1ccccc1. The predicted molar refractivity (Wildman–Crippen MR) is 99.8 cm³/mol. The molecule has 0 aliphatic rings. The van der Waals surface area contributed by atoms with E-state index in [1.54, 1.807) is 16.4 Å². The Morgan fingerprint density at radius 2 is 1.76 bits per heavy atom. The molecule has 25 heavy (non-hydrogen) atoms. The van der Waals surface area contributed by atoms with Crippen LogP contribution < -0.4 is 0 Å². The Hall–Kier alpha value is -2.18. The van der Waals surface area contributed by atoms with E-state index in [1.807, 2.05) is 48.5 Å². The van der Waals surface area contributed by atoms with Crippen molar-refractivity contribution >= 4 is 11.8 Å². The van der Waals surface area contributed by atoms with E-state index < -0.39 is 0 Å². The Morgan fingerprint density at radius 1 is 1.04 bits per heavy atom. The van der Waals surface area contributed by atoms with Gasteiger partial charge in [-0.2, -0.15) is 4.68 Å². The highest BCUT2D eigenvalue weighted by Gasteiger charge is 2.10. The summed E-state index contributed by atoms with van der Waals surface area (Å²) in [5, 5.41) is 12.8. The number of aromatic nitrogens is 4. The highest BCUT2D eigenvalue weighted by atomic mass is 32.2. The number of thioether (sulfide) groups is 1. The van der Waals surface area contributed by atoms with Gasteiger partial charge in [-0.05, 0) is 40.5 Å². The second-order valence-electron chi connectivity index (χ2n) is 5.95. The Kier molecular flexibility index (Phi) is 6.59. The average molecular weight is 354 g/mol. The van der Waals surface area contributed by atoms with Crippen LogP contribution in [0.4, 0.5) is 0 Å². The molecule has 2 aromatic carbocycles. The van der Waals surface area contributed by atoms with Gasteiger partial charge in [-0.1, -0.05) is 67.2 Å². The first-order valence-corrected chi connectivity index (χ1v) is 9.40. The first-order chi connectivity index (χ1) is 12.3. The van der Waals surface area contributed by atoms with Crippen molar-refractivity contribution in [2.24, 2.45) is 5.92 Å². The van der Waals surface area contributed by atoms with Crippen molar-refractivity contribution < 1.29 is 4.74 Å². The Balaban J connectivity index is 1.40. The molecule has 0 spiro atoms. The summed E-state index contributed by atoms with van der Waals surface area (Å²) in [6.07, 6.45) is 1.06. The summed E-state index contributed by atoms with van der Waals surface area (Å²) in [5.41, 5.74) is 2.19. The van der Waals surface area contributed by atoms with Crippen molar-refractivity contribution in [2.75, 3.05) is 12.4 Å². The maximum Gasteiger partial charge on any atom is 0.214 e. The summed E-state index contributed by atoms with van der Waals surface area (Å²) in [6.45, 7) is 3.65. The summed E-state index contributed by atoms with van der Waals surface area (Å²) in [7, 11) is 0. The first kappa shape index (κ1) is 17.6. The summed E-state index contributed by atoms with van der Waals surface area (Å²) in [5.74, 6) is 1.46. The molecule has 1 heterocycles. The lowest BCUT2D eigenvalue weighted by atomic mass is 10.1. The maximum atomic E-state index is 5.81. The molecule has 1 atom stereocenters. The van der Waals surface area contributed by atoms with Crippen molar-refractivity contribution in [1.29, 1.82) is 0 Å². The molecule has 0 fully saturated rings. The zero-order valence-corrected chi connectivity index (χ0v) is 15.1. The molecule has 0 radical (unpaired) electrons. The monoisotopic (exact) mass is 354 g/mol. The highest BCUT2D eigenvalue weighted by Crippen LogP contribution is 2.20. The summed E-state index contributed by atoms with van der Waals surface area (Å²) >= 11 is 1.68. The third-order valence-electron chi connectivity index (χ3n) is 3.80. The van der Waals surface area contributed by atoms with E-state index in [2.05, 4.69) is 34.6 Å². The lowest BCUT2D eigenvalue weighted by molar-refractivity contribution is 0.0913. The second kappa shape index (κ2) is 9.34. The maximum absolute atomic E-state index is 5.81. The third kappa shape index (κ3) is 5.41. The molecule has 0 aliphatic heterocycles. The van der Waals surface area contributed by atoms with E-state index in [0.29, 0.717) is 12.5 Å². The van der Waals surface area contributed by atoms with E-state index in [4.69, 9.17) is 4.74 Å². The minimum atomic E-state index is 0.497. The van der Waals surface area contributed by atoms with Crippen molar-refractivity contribution in [1.82, 2.24) is 20.2 Å². The van der Waals surface area contributed by atoms with E-state index in [9.17, 15) is 0 Å². The Bertz CT molecular complexity index is 748. The molecular weight excluding hydrogens is 332 g/mol. The van der Waals surface area contributed by atoms with Crippen molar-refractivity contribution in [3.63, 3.8) is 0 Å². The number of hydrogen-bond acceptors (Lipinski definition) is 5. The van der Waals surface area contributed by atoms with E-state index in [0.717, 1.165) is 29.6 Å². The van der Waals surface area contributed by atoms with Gasteiger partial charge in [-0.25, -0.2) is 0 Å². The van der Waals surface area contributed by atoms with E-state index in [1.165, 1.54) is 5.56 Å². The minimum Gasteiger partial charge on any atom is -0.376 e. The zero-order valence-electron chi connectivity index (χ0n) is 14.3. The van der Waals surface area contributed by atoms with Gasteiger partial charge >= 0.3 is 0 Å². The van der Waals surface area contributed by atoms with Gasteiger partial charge in [0.1, 0.15) is 0 Å². The predicted octanol–water partition coefficient (Wildman–Crippen LogP) is 4.00. The molecule has 6 heteroatoms. The quantitative estimate of drug-likeness (QED) is 0.544. The van der Waals surface area contributed by atoms with Crippen LogP contribution in [0, 0.1) is 5.92 Å². The van der Waals surface area contributed by atoms with Crippen LogP contribution in [-0.4, -0.2) is 32.6 Å². The fourth-order valence-corrected chi connectivity index (χ4v) is 3.45. The van der Waals surface area contributed by atoms with Crippen molar-refractivity contribution in [3.8, 4) is 5.69 Å². The van der Waals surface area contributed by atoms with Crippen LogP contribution in [-0.2, 0) is 11.3 Å². The molecule has 0 bridgehead atoms. The van der Waals surface area contributed by atoms with Gasteiger partial charge < -0.3 is 4.74 Å². The van der Waals surface area contributed by atoms with Crippen LogP contribution >= 0.6 is 11.8 Å². The van der Waals surface area contributed by atoms with Crippen LogP contribution in [0.2, 0.25) is 0 Å². The molecule has 3 aromatic rings. The summed E-state index contributed by atoms with van der Waals surface area (Å²) in [6, 6.07) is 20.2. The van der Waals surface area contributed by atoms with Gasteiger partial charge in [-0.3, -0.25) is 0 Å². The second-order valence-corrected chi connectivity index (χ2v) is 7.01. The molecule has 0 saturated carbocycles. The number of nitrogens with zero attached hydrogens (tertiary/aromatic N) is 4. The molecule has 0 aliphatic carbocycles. The Labute approximate surface area is 152 Å². The van der Waals surface area contributed by atoms with Gasteiger partial charge in [0.2, 0.25) is 5.16 Å². The average Bonchev–Trinajstić information content (AvgIpc) is 3.12. The van der Waals surface area contributed by atoms with Crippen molar-refractivity contribution in [3.05, 3.63) is 66.2 Å². The van der Waals surface area contributed by atoms with Crippen LogP contribution in [0.25, 0.3) is 5.69 Å². The number of ether oxygens (including phenoxy) is 1. The van der Waals surface area contributed by atoms with Gasteiger partial charge in [0.25, 0.3) is 0 Å². The molecule has 0 unspecified atom stereocenters. The smallest absolute Gasteiger partial charge is 0.214 e. The van der Waals surface area contributed by atoms with Crippen LogP contribution in [0.5, 0.6) is 0 Å². The summed E-state index contributed by atoms with van der Waals surface area (Å²) < 4.78 is 7.59.